The molecule has 1 aromatic rings. The Morgan fingerprint density at radius 3 is 2.57 bits per heavy atom. The SMILES string of the molecule is CNCc1ccc([N+](=O)[O-])c(OCCS(=O)(=O)C(C)C)c1. The first-order valence-corrected chi connectivity index (χ1v) is 8.25. The Morgan fingerprint density at radius 2 is 2.05 bits per heavy atom. The number of nitrogens with zero attached hydrogens (tertiary/aromatic N) is 1. The van der Waals surface area contributed by atoms with Crippen LogP contribution in [0.25, 0.3) is 0 Å². The minimum atomic E-state index is -3.23. The van der Waals surface area contributed by atoms with Gasteiger partial charge >= 0.3 is 5.69 Å². The Bertz CT molecular complexity index is 599. The Kier molecular flexibility index (Phi) is 6.10. The third-order valence-corrected chi connectivity index (χ3v) is 5.12. The van der Waals surface area contributed by atoms with E-state index in [4.69, 9.17) is 4.74 Å². The number of hydrogen-bond donors (Lipinski definition) is 1. The predicted molar refractivity (Wildman–Crippen MR) is 80.3 cm³/mol. The summed E-state index contributed by atoms with van der Waals surface area (Å²) in [6.07, 6.45) is 0. The van der Waals surface area contributed by atoms with Gasteiger partial charge in [0.1, 0.15) is 6.61 Å². The highest BCUT2D eigenvalue weighted by atomic mass is 32.2. The van der Waals surface area contributed by atoms with Crippen LogP contribution in [0.5, 0.6) is 5.75 Å². The lowest BCUT2D eigenvalue weighted by molar-refractivity contribution is -0.385. The summed E-state index contributed by atoms with van der Waals surface area (Å²) in [6.45, 7) is 3.61. The molecule has 0 amide bonds. The minimum Gasteiger partial charge on any atom is -0.486 e. The van der Waals surface area contributed by atoms with E-state index in [0.717, 1.165) is 5.56 Å². The first-order valence-electron chi connectivity index (χ1n) is 6.54. The highest BCUT2D eigenvalue weighted by Crippen LogP contribution is 2.28. The van der Waals surface area contributed by atoms with Gasteiger partial charge in [0, 0.05) is 12.6 Å². The zero-order valence-electron chi connectivity index (χ0n) is 12.3. The van der Waals surface area contributed by atoms with Crippen molar-refractivity contribution in [2.75, 3.05) is 19.4 Å². The summed E-state index contributed by atoms with van der Waals surface area (Å²) in [4.78, 5) is 10.4. The summed E-state index contributed by atoms with van der Waals surface area (Å²) in [5.41, 5.74) is 0.654. The summed E-state index contributed by atoms with van der Waals surface area (Å²) in [5.74, 6) is -0.0790. The van der Waals surface area contributed by atoms with Crippen LogP contribution in [0.2, 0.25) is 0 Å². The average molecular weight is 316 g/mol. The number of hydrogen-bond acceptors (Lipinski definition) is 6. The Hall–Kier alpha value is -1.67. The largest absolute Gasteiger partial charge is 0.486 e. The van der Waals surface area contributed by atoms with Crippen molar-refractivity contribution in [2.24, 2.45) is 0 Å². The van der Waals surface area contributed by atoms with Crippen LogP contribution in [0.4, 0.5) is 5.69 Å². The van der Waals surface area contributed by atoms with Crippen LogP contribution in [-0.4, -0.2) is 38.0 Å². The molecule has 118 valence electrons. The summed E-state index contributed by atoms with van der Waals surface area (Å²) in [5, 5.41) is 13.4. The molecule has 21 heavy (non-hydrogen) atoms. The molecule has 8 heteroatoms. The topological polar surface area (TPSA) is 98.5 Å². The van der Waals surface area contributed by atoms with Gasteiger partial charge in [0.05, 0.1) is 15.9 Å². The molecule has 0 aliphatic carbocycles. The fourth-order valence-corrected chi connectivity index (χ4v) is 2.43. The smallest absolute Gasteiger partial charge is 0.310 e. The maximum absolute atomic E-state index is 11.7. The lowest BCUT2D eigenvalue weighted by atomic mass is 10.2. The lowest BCUT2D eigenvalue weighted by Gasteiger charge is -2.10. The maximum atomic E-state index is 11.7. The molecule has 0 fully saturated rings. The van der Waals surface area contributed by atoms with Crippen molar-refractivity contribution in [3.63, 3.8) is 0 Å². The monoisotopic (exact) mass is 316 g/mol. The van der Waals surface area contributed by atoms with E-state index in [9.17, 15) is 18.5 Å². The summed E-state index contributed by atoms with van der Waals surface area (Å²) >= 11 is 0. The molecule has 0 saturated carbocycles. The normalized spacial score (nSPS) is 11.6. The molecular weight excluding hydrogens is 296 g/mol. The van der Waals surface area contributed by atoms with Crippen molar-refractivity contribution in [1.29, 1.82) is 0 Å². The molecule has 0 aliphatic heterocycles. The highest BCUT2D eigenvalue weighted by molar-refractivity contribution is 7.91. The summed E-state index contributed by atoms with van der Waals surface area (Å²) < 4.78 is 28.7. The lowest BCUT2D eigenvalue weighted by Crippen LogP contribution is -2.22. The second-order valence-corrected chi connectivity index (χ2v) is 7.53. The van der Waals surface area contributed by atoms with Gasteiger partial charge in [-0.2, -0.15) is 0 Å². The van der Waals surface area contributed by atoms with E-state index in [-0.39, 0.29) is 23.8 Å². The fourth-order valence-electron chi connectivity index (χ4n) is 1.64. The Morgan fingerprint density at radius 1 is 1.38 bits per heavy atom. The van der Waals surface area contributed by atoms with Crippen LogP contribution >= 0.6 is 0 Å². The number of sulfone groups is 1. The third-order valence-electron chi connectivity index (χ3n) is 2.95. The standard InChI is InChI=1S/C13H20N2O5S/c1-10(2)21(18,19)7-6-20-13-8-11(9-14-3)4-5-12(13)15(16)17/h4-5,8,10,14H,6-7,9H2,1-3H3. The maximum Gasteiger partial charge on any atom is 0.310 e. The molecule has 1 aromatic carbocycles. The van der Waals surface area contributed by atoms with E-state index in [1.54, 1.807) is 33.0 Å². The number of rotatable bonds is 8. The number of ether oxygens (including phenoxy) is 1. The van der Waals surface area contributed by atoms with Gasteiger partial charge < -0.3 is 10.1 Å². The van der Waals surface area contributed by atoms with Crippen LogP contribution in [0, 0.1) is 10.1 Å². The van der Waals surface area contributed by atoms with Crippen molar-refractivity contribution in [3.8, 4) is 5.75 Å². The molecule has 0 atom stereocenters. The molecule has 0 spiro atoms. The van der Waals surface area contributed by atoms with E-state index in [1.807, 2.05) is 0 Å². The summed E-state index contributed by atoms with van der Waals surface area (Å²) in [7, 11) is -1.47. The van der Waals surface area contributed by atoms with Crippen molar-refractivity contribution < 1.29 is 18.1 Å². The van der Waals surface area contributed by atoms with E-state index >= 15 is 0 Å². The molecule has 0 saturated heterocycles. The van der Waals surface area contributed by atoms with E-state index in [1.165, 1.54) is 6.07 Å². The van der Waals surface area contributed by atoms with Crippen molar-refractivity contribution in [2.45, 2.75) is 25.6 Å². The van der Waals surface area contributed by atoms with Crippen molar-refractivity contribution >= 4 is 15.5 Å². The second kappa shape index (κ2) is 7.37. The molecule has 0 aliphatic rings. The van der Waals surface area contributed by atoms with Crippen LogP contribution < -0.4 is 10.1 Å². The predicted octanol–water partition coefficient (Wildman–Crippen LogP) is 1.52. The minimum absolute atomic E-state index is 0.0895. The van der Waals surface area contributed by atoms with Gasteiger partial charge in [-0.05, 0) is 32.5 Å². The summed E-state index contributed by atoms with van der Waals surface area (Å²) in [6, 6.07) is 4.54. The zero-order chi connectivity index (χ0) is 16.0. The second-order valence-electron chi connectivity index (χ2n) is 4.85. The van der Waals surface area contributed by atoms with Gasteiger partial charge in [0.15, 0.2) is 15.6 Å². The fraction of sp³-hybridized carbons (Fsp3) is 0.538. The Balaban J connectivity index is 2.85. The van der Waals surface area contributed by atoms with Gasteiger partial charge in [0.2, 0.25) is 0 Å². The van der Waals surface area contributed by atoms with E-state index < -0.39 is 20.0 Å². The number of nitro groups is 1. The molecule has 1 N–H and O–H groups in total. The van der Waals surface area contributed by atoms with Gasteiger partial charge in [-0.3, -0.25) is 10.1 Å². The van der Waals surface area contributed by atoms with Gasteiger partial charge in [-0.25, -0.2) is 8.42 Å². The molecule has 1 rings (SSSR count). The van der Waals surface area contributed by atoms with Gasteiger partial charge in [-0.15, -0.1) is 0 Å². The van der Waals surface area contributed by atoms with Gasteiger partial charge in [-0.1, -0.05) is 6.07 Å². The van der Waals surface area contributed by atoms with Crippen LogP contribution in [0.3, 0.4) is 0 Å². The molecule has 0 heterocycles. The average Bonchev–Trinajstić information content (AvgIpc) is 2.38. The number of nitrogens with one attached hydrogen (secondary N) is 1. The third kappa shape index (κ3) is 4.98. The first-order chi connectivity index (χ1) is 9.77. The first kappa shape index (κ1) is 17.4. The van der Waals surface area contributed by atoms with Crippen LogP contribution in [0.1, 0.15) is 19.4 Å². The van der Waals surface area contributed by atoms with Gasteiger partial charge in [0.25, 0.3) is 0 Å². The molecule has 0 aromatic heterocycles. The quantitative estimate of drug-likeness (QED) is 0.576. The molecule has 0 bridgehead atoms. The van der Waals surface area contributed by atoms with Crippen LogP contribution in [-0.2, 0) is 16.4 Å². The number of benzene rings is 1. The zero-order valence-corrected chi connectivity index (χ0v) is 13.1. The van der Waals surface area contributed by atoms with Crippen LogP contribution in [0.15, 0.2) is 18.2 Å². The molecule has 7 nitrogen and oxygen atoms in total. The van der Waals surface area contributed by atoms with E-state index in [0.29, 0.717) is 6.54 Å². The van der Waals surface area contributed by atoms with E-state index in [2.05, 4.69) is 5.32 Å². The Labute approximate surface area is 124 Å². The van der Waals surface area contributed by atoms with Crippen molar-refractivity contribution in [3.05, 3.63) is 33.9 Å². The van der Waals surface area contributed by atoms with Crippen molar-refractivity contribution in [1.82, 2.24) is 5.32 Å². The molecule has 0 unspecified atom stereocenters. The molecular formula is C13H20N2O5S. The number of nitro benzene ring substituents is 1. The highest BCUT2D eigenvalue weighted by Gasteiger charge is 2.19. The molecule has 0 radical (unpaired) electrons.